The Labute approximate surface area is 258 Å². The number of rotatable bonds is 5. The Balaban J connectivity index is 0.000000963. The third-order valence-corrected chi connectivity index (χ3v) is 10.4. The van der Waals surface area contributed by atoms with Crippen LogP contribution in [-0.4, -0.2) is 89.5 Å². The summed E-state index contributed by atoms with van der Waals surface area (Å²) in [4.78, 5) is 22.8. The van der Waals surface area contributed by atoms with Crippen molar-refractivity contribution in [3.8, 4) is 17.1 Å². The minimum Gasteiger partial charge on any atom is -0.461 e. The zero-order valence-corrected chi connectivity index (χ0v) is 26.0. The number of methoxy groups -OCH3 is 1. The quantitative estimate of drug-likeness (QED) is 0.317. The Morgan fingerprint density at radius 1 is 1.12 bits per heavy atom. The van der Waals surface area contributed by atoms with E-state index in [4.69, 9.17) is 27.1 Å². The molecule has 2 bridgehead atoms. The molecule has 7 heterocycles. The van der Waals surface area contributed by atoms with Crippen molar-refractivity contribution in [1.82, 2.24) is 30.2 Å². The van der Waals surface area contributed by atoms with Gasteiger partial charge in [0.2, 0.25) is 5.95 Å². The Bertz CT molecular complexity index is 1650. The Morgan fingerprint density at radius 2 is 1.84 bits per heavy atom. The summed E-state index contributed by atoms with van der Waals surface area (Å²) in [6.45, 7) is 4.32. The summed E-state index contributed by atoms with van der Waals surface area (Å²) >= 11 is 8.26. The number of nitrogens with one attached hydrogen (secondary N) is 1. The van der Waals surface area contributed by atoms with Gasteiger partial charge in [-0.25, -0.2) is 14.4 Å². The molecule has 1 aromatic carbocycles. The highest BCUT2D eigenvalue weighted by atomic mass is 35.5. The second-order valence-electron chi connectivity index (χ2n) is 12.0. The van der Waals surface area contributed by atoms with Crippen LogP contribution in [0.1, 0.15) is 38.5 Å². The monoisotopic (exact) mass is 626 g/mol. The fourth-order valence-electron chi connectivity index (χ4n) is 7.36. The molecule has 0 aliphatic carbocycles. The lowest BCUT2D eigenvalue weighted by atomic mass is 9.95. The molecule has 4 saturated heterocycles. The SMILES string of the molecule is COC.Nc1ncc2scc(-c3c(Cl)cc4c(N5CC6CCC(C5)N6)nc(OCC56CCCN5CCC6)nc4c3F)c2n1. The Kier molecular flexibility index (Phi) is 7.75. The van der Waals surface area contributed by atoms with Gasteiger partial charge in [-0.15, -0.1) is 11.3 Å². The van der Waals surface area contributed by atoms with E-state index >= 15 is 4.39 Å². The van der Waals surface area contributed by atoms with E-state index in [1.165, 1.54) is 24.2 Å². The van der Waals surface area contributed by atoms with Crippen LogP contribution in [0.15, 0.2) is 17.6 Å². The number of fused-ring (bicyclic) bond motifs is 5. The van der Waals surface area contributed by atoms with Crippen molar-refractivity contribution in [1.29, 1.82) is 0 Å². The molecule has 43 heavy (non-hydrogen) atoms. The van der Waals surface area contributed by atoms with Crippen LogP contribution in [0.4, 0.5) is 16.2 Å². The van der Waals surface area contributed by atoms with Gasteiger partial charge in [0, 0.05) is 61.3 Å². The summed E-state index contributed by atoms with van der Waals surface area (Å²) in [7, 11) is 3.25. The molecule has 13 heteroatoms. The number of thiophene rings is 1. The fourth-order valence-corrected chi connectivity index (χ4v) is 8.51. The first-order valence-corrected chi connectivity index (χ1v) is 16.1. The standard InChI is InChI=1S/C28H30ClFN8OS.C2H6O/c29-19-9-17-24(22(30)21(19)18-13-40-20-10-32-26(31)34-23(18)20)35-27(39-14-28-5-1-7-38(28)8-2-6-28)36-25(17)37-11-15-3-4-16(12-37)33-15;1-3-2/h9-10,13,15-16,33H,1-8,11-12,14H2,(H2,31,32,34);1-2H3. The number of hydrogen-bond acceptors (Lipinski definition) is 11. The third kappa shape index (κ3) is 5.16. The van der Waals surface area contributed by atoms with Crippen LogP contribution < -0.4 is 20.7 Å². The maximum Gasteiger partial charge on any atom is 0.319 e. The molecule has 3 aromatic heterocycles. The van der Waals surface area contributed by atoms with E-state index in [0.717, 1.165) is 56.6 Å². The van der Waals surface area contributed by atoms with Gasteiger partial charge < -0.3 is 25.4 Å². The van der Waals surface area contributed by atoms with Gasteiger partial charge in [0.25, 0.3) is 0 Å². The highest BCUT2D eigenvalue weighted by molar-refractivity contribution is 7.17. The highest BCUT2D eigenvalue weighted by Gasteiger charge is 2.45. The molecular weight excluding hydrogens is 591 g/mol. The normalized spacial score (nSPS) is 22.7. The van der Waals surface area contributed by atoms with Gasteiger partial charge in [0.05, 0.1) is 27.0 Å². The Hall–Kier alpha value is -2.90. The zero-order valence-electron chi connectivity index (χ0n) is 24.4. The predicted molar refractivity (Wildman–Crippen MR) is 169 cm³/mol. The van der Waals surface area contributed by atoms with E-state index < -0.39 is 5.82 Å². The van der Waals surface area contributed by atoms with Crippen LogP contribution in [0.25, 0.3) is 32.2 Å². The second-order valence-corrected chi connectivity index (χ2v) is 13.3. The predicted octanol–water partition coefficient (Wildman–Crippen LogP) is 4.89. The number of benzene rings is 1. The molecule has 4 fully saturated rings. The maximum absolute atomic E-state index is 16.6. The first kappa shape index (κ1) is 28.8. The van der Waals surface area contributed by atoms with Crippen LogP contribution >= 0.6 is 22.9 Å². The van der Waals surface area contributed by atoms with E-state index in [-0.39, 0.29) is 33.6 Å². The summed E-state index contributed by atoms with van der Waals surface area (Å²) in [5.41, 5.74) is 7.52. The van der Waals surface area contributed by atoms with Gasteiger partial charge in [0.15, 0.2) is 5.82 Å². The molecule has 2 atom stereocenters. The van der Waals surface area contributed by atoms with Crippen LogP contribution in [0.3, 0.4) is 0 Å². The number of aromatic nitrogens is 4. The van der Waals surface area contributed by atoms with E-state index in [9.17, 15) is 0 Å². The summed E-state index contributed by atoms with van der Waals surface area (Å²) in [5, 5.41) is 6.39. The molecule has 2 unspecified atom stereocenters. The van der Waals surface area contributed by atoms with Gasteiger partial charge in [0.1, 0.15) is 17.9 Å². The third-order valence-electron chi connectivity index (χ3n) is 9.24. The largest absolute Gasteiger partial charge is 0.461 e. The molecular formula is C30H36ClFN8O2S. The van der Waals surface area contributed by atoms with Crippen LogP contribution in [-0.2, 0) is 4.74 Å². The minimum atomic E-state index is -0.507. The number of hydrogen-bond donors (Lipinski definition) is 2. The van der Waals surface area contributed by atoms with Crippen molar-refractivity contribution in [2.75, 3.05) is 57.6 Å². The maximum atomic E-state index is 16.6. The van der Waals surface area contributed by atoms with Gasteiger partial charge in [-0.05, 0) is 57.7 Å². The van der Waals surface area contributed by atoms with E-state index in [1.807, 2.05) is 5.38 Å². The number of nitrogen functional groups attached to an aromatic ring is 1. The van der Waals surface area contributed by atoms with Crippen molar-refractivity contribution >= 4 is 55.8 Å². The Morgan fingerprint density at radius 3 is 2.56 bits per heavy atom. The van der Waals surface area contributed by atoms with Crippen LogP contribution in [0, 0.1) is 5.82 Å². The van der Waals surface area contributed by atoms with Crippen molar-refractivity contribution < 1.29 is 13.9 Å². The molecule has 0 radical (unpaired) electrons. The van der Waals surface area contributed by atoms with Gasteiger partial charge in [-0.3, -0.25) is 4.90 Å². The first-order valence-electron chi connectivity index (χ1n) is 14.9. The number of nitrogens with zero attached hydrogens (tertiary/aromatic N) is 6. The fraction of sp³-hybridized carbons (Fsp3) is 0.533. The number of halogens is 2. The lowest BCUT2D eigenvalue weighted by molar-refractivity contribution is 0.108. The van der Waals surface area contributed by atoms with Crippen molar-refractivity contribution in [2.24, 2.45) is 0 Å². The summed E-state index contributed by atoms with van der Waals surface area (Å²) in [6.07, 6.45) is 8.48. The van der Waals surface area contributed by atoms with E-state index in [2.05, 4.69) is 34.8 Å². The lowest BCUT2D eigenvalue weighted by Crippen LogP contribution is -2.51. The molecule has 228 valence electrons. The number of anilines is 2. The molecule has 10 nitrogen and oxygen atoms in total. The topological polar surface area (TPSA) is 115 Å². The van der Waals surface area contributed by atoms with E-state index in [0.29, 0.717) is 41.0 Å². The van der Waals surface area contributed by atoms with Crippen molar-refractivity contribution in [2.45, 2.75) is 56.1 Å². The van der Waals surface area contributed by atoms with E-state index in [1.54, 1.807) is 26.5 Å². The highest BCUT2D eigenvalue weighted by Crippen LogP contribution is 2.43. The summed E-state index contributed by atoms with van der Waals surface area (Å²) in [5.74, 6) is 0.303. The zero-order chi connectivity index (χ0) is 29.7. The molecule has 4 aliphatic heterocycles. The van der Waals surface area contributed by atoms with Gasteiger partial charge in [-0.2, -0.15) is 9.97 Å². The average molecular weight is 627 g/mol. The molecule has 4 aromatic rings. The molecule has 0 amide bonds. The van der Waals surface area contributed by atoms with Gasteiger partial charge in [-0.1, -0.05) is 11.6 Å². The number of nitrogens with two attached hydrogens (primary N) is 1. The van der Waals surface area contributed by atoms with Crippen LogP contribution in [0.2, 0.25) is 5.02 Å². The minimum absolute atomic E-state index is 0.0333. The molecule has 0 spiro atoms. The first-order chi connectivity index (χ1) is 20.9. The molecule has 8 rings (SSSR count). The van der Waals surface area contributed by atoms with Crippen molar-refractivity contribution in [3.63, 3.8) is 0 Å². The van der Waals surface area contributed by atoms with Gasteiger partial charge >= 0.3 is 6.01 Å². The molecule has 3 N–H and O–H groups in total. The summed E-state index contributed by atoms with van der Waals surface area (Å²) in [6, 6.07) is 2.79. The average Bonchev–Trinajstić information content (AvgIpc) is 3.76. The molecule has 0 saturated carbocycles. The van der Waals surface area contributed by atoms with Crippen molar-refractivity contribution in [3.05, 3.63) is 28.5 Å². The number of piperazine rings is 1. The smallest absolute Gasteiger partial charge is 0.319 e. The van der Waals surface area contributed by atoms with Crippen LogP contribution in [0.5, 0.6) is 6.01 Å². The number of ether oxygens (including phenoxy) is 2. The second kappa shape index (κ2) is 11.6. The summed E-state index contributed by atoms with van der Waals surface area (Å²) < 4.78 is 28.1. The lowest BCUT2D eigenvalue weighted by Gasteiger charge is -2.35. The molecule has 4 aliphatic rings.